The van der Waals surface area contributed by atoms with E-state index >= 15 is 0 Å². The van der Waals surface area contributed by atoms with Gasteiger partial charge in [-0.25, -0.2) is 9.78 Å². The van der Waals surface area contributed by atoms with E-state index in [9.17, 15) is 9.90 Å². The van der Waals surface area contributed by atoms with Crippen molar-refractivity contribution in [1.29, 1.82) is 0 Å². The predicted octanol–water partition coefficient (Wildman–Crippen LogP) is 7.09. The molecule has 1 heterocycles. The van der Waals surface area contributed by atoms with E-state index in [2.05, 4.69) is 11.1 Å². The second kappa shape index (κ2) is 11.2. The number of hydrogen-bond donors (Lipinski definition) is 1. The lowest BCUT2D eigenvalue weighted by molar-refractivity contribution is 0.0693. The van der Waals surface area contributed by atoms with Crippen LogP contribution in [0.1, 0.15) is 45.3 Å². The number of methoxy groups -OCH3 is 2. The first-order valence-corrected chi connectivity index (χ1v) is 11.6. The van der Waals surface area contributed by atoms with Crippen molar-refractivity contribution in [1.82, 2.24) is 4.98 Å². The summed E-state index contributed by atoms with van der Waals surface area (Å²) in [5.74, 6) is -0.442. The molecule has 1 N–H and O–H groups in total. The van der Waals surface area contributed by atoms with Gasteiger partial charge < -0.3 is 14.6 Å². The standard InChI is InChI=1S/C29H26ClNO4/c1-34-25-14-9-20(26(18-25)29(32)33)10-15-28(35-2)22-5-3-4-19(16-22)6-12-24-13-8-21-7-11-23(30)17-27(21)31-24/h3-9,11-14,16-18,28H,10,15H2,1-2H3,(H,32,33)/b12-6+. The average molecular weight is 488 g/mol. The first kappa shape index (κ1) is 24.5. The van der Waals surface area contributed by atoms with Gasteiger partial charge in [-0.15, -0.1) is 0 Å². The number of benzene rings is 3. The molecule has 5 nitrogen and oxygen atoms in total. The van der Waals surface area contributed by atoms with Crippen molar-refractivity contribution in [3.05, 3.63) is 106 Å². The topological polar surface area (TPSA) is 68.7 Å². The number of carbonyl (C=O) groups is 1. The quantitative estimate of drug-likeness (QED) is 0.273. The number of nitrogens with zero attached hydrogens (tertiary/aromatic N) is 1. The number of aromatic carboxylic acids is 1. The summed E-state index contributed by atoms with van der Waals surface area (Å²) in [6, 6.07) is 22.9. The van der Waals surface area contributed by atoms with Crippen LogP contribution in [-0.2, 0) is 11.2 Å². The number of fused-ring (bicyclic) bond motifs is 1. The molecule has 0 bridgehead atoms. The van der Waals surface area contributed by atoms with E-state index in [0.29, 0.717) is 23.6 Å². The molecule has 0 aliphatic rings. The van der Waals surface area contributed by atoms with E-state index < -0.39 is 5.97 Å². The molecule has 0 spiro atoms. The summed E-state index contributed by atoms with van der Waals surface area (Å²) in [6.07, 6.45) is 5.02. The third kappa shape index (κ3) is 6.07. The Balaban J connectivity index is 1.50. The van der Waals surface area contributed by atoms with Crippen molar-refractivity contribution in [2.75, 3.05) is 14.2 Å². The Kier molecular flexibility index (Phi) is 7.80. The Morgan fingerprint density at radius 3 is 2.63 bits per heavy atom. The summed E-state index contributed by atoms with van der Waals surface area (Å²) in [4.78, 5) is 16.4. The van der Waals surface area contributed by atoms with Gasteiger partial charge in [0, 0.05) is 17.5 Å². The maximum Gasteiger partial charge on any atom is 0.336 e. The maximum absolute atomic E-state index is 11.7. The zero-order chi connectivity index (χ0) is 24.8. The number of aryl methyl sites for hydroxylation is 1. The Morgan fingerprint density at radius 1 is 1.03 bits per heavy atom. The molecule has 1 aromatic heterocycles. The van der Waals surface area contributed by atoms with Gasteiger partial charge in [-0.2, -0.15) is 0 Å². The lowest BCUT2D eigenvalue weighted by Gasteiger charge is -2.17. The first-order chi connectivity index (χ1) is 17.0. The van der Waals surface area contributed by atoms with Crippen LogP contribution in [0.25, 0.3) is 23.1 Å². The van der Waals surface area contributed by atoms with Crippen LogP contribution in [0.5, 0.6) is 5.75 Å². The number of hydrogen-bond acceptors (Lipinski definition) is 4. The first-order valence-electron chi connectivity index (χ1n) is 11.2. The van der Waals surface area contributed by atoms with Gasteiger partial charge in [-0.05, 0) is 72.0 Å². The van der Waals surface area contributed by atoms with Crippen LogP contribution in [-0.4, -0.2) is 30.3 Å². The van der Waals surface area contributed by atoms with E-state index in [4.69, 9.17) is 21.1 Å². The van der Waals surface area contributed by atoms with E-state index in [1.165, 1.54) is 7.11 Å². The van der Waals surface area contributed by atoms with Crippen LogP contribution in [0.15, 0.2) is 72.8 Å². The van der Waals surface area contributed by atoms with Crippen LogP contribution < -0.4 is 4.74 Å². The molecular weight excluding hydrogens is 462 g/mol. The van der Waals surface area contributed by atoms with Crippen LogP contribution >= 0.6 is 11.6 Å². The summed E-state index contributed by atoms with van der Waals surface area (Å²) in [5.41, 5.74) is 4.74. The normalized spacial score (nSPS) is 12.2. The summed E-state index contributed by atoms with van der Waals surface area (Å²) >= 11 is 6.10. The predicted molar refractivity (Wildman–Crippen MR) is 140 cm³/mol. The molecule has 0 aliphatic heterocycles. The number of aromatic nitrogens is 1. The van der Waals surface area contributed by atoms with Crippen molar-refractivity contribution < 1.29 is 19.4 Å². The minimum Gasteiger partial charge on any atom is -0.497 e. The fourth-order valence-electron chi connectivity index (χ4n) is 4.05. The monoisotopic (exact) mass is 487 g/mol. The number of carboxylic acids is 1. The van der Waals surface area contributed by atoms with Gasteiger partial charge in [-0.1, -0.05) is 54.1 Å². The number of pyridine rings is 1. The molecule has 1 unspecified atom stereocenters. The van der Waals surface area contributed by atoms with Crippen molar-refractivity contribution in [2.45, 2.75) is 18.9 Å². The minimum atomic E-state index is -0.968. The zero-order valence-corrected chi connectivity index (χ0v) is 20.3. The molecule has 35 heavy (non-hydrogen) atoms. The fraction of sp³-hybridized carbons (Fsp3) is 0.172. The highest BCUT2D eigenvalue weighted by Gasteiger charge is 2.16. The van der Waals surface area contributed by atoms with E-state index in [0.717, 1.165) is 33.3 Å². The summed E-state index contributed by atoms with van der Waals surface area (Å²) < 4.78 is 10.9. The largest absolute Gasteiger partial charge is 0.497 e. The van der Waals surface area contributed by atoms with Gasteiger partial charge in [0.2, 0.25) is 0 Å². The van der Waals surface area contributed by atoms with E-state index in [-0.39, 0.29) is 11.7 Å². The molecule has 0 saturated heterocycles. The van der Waals surface area contributed by atoms with Gasteiger partial charge in [0.1, 0.15) is 5.75 Å². The maximum atomic E-state index is 11.7. The van der Waals surface area contributed by atoms with E-state index in [1.54, 1.807) is 25.3 Å². The third-order valence-electron chi connectivity index (χ3n) is 5.91. The van der Waals surface area contributed by atoms with Crippen molar-refractivity contribution in [3.63, 3.8) is 0 Å². The van der Waals surface area contributed by atoms with Crippen LogP contribution in [0, 0.1) is 0 Å². The van der Waals surface area contributed by atoms with Crippen molar-refractivity contribution >= 4 is 40.6 Å². The van der Waals surface area contributed by atoms with Gasteiger partial charge >= 0.3 is 5.97 Å². The van der Waals surface area contributed by atoms with E-state index in [1.807, 2.05) is 60.7 Å². The van der Waals surface area contributed by atoms with Gasteiger partial charge in [0.25, 0.3) is 0 Å². The second-order valence-electron chi connectivity index (χ2n) is 8.17. The molecule has 0 aliphatic carbocycles. The molecule has 178 valence electrons. The number of carboxylic acid groups (broad SMARTS) is 1. The lowest BCUT2D eigenvalue weighted by Crippen LogP contribution is -2.07. The Bertz CT molecular complexity index is 1380. The van der Waals surface area contributed by atoms with Crippen LogP contribution in [0.4, 0.5) is 0 Å². The highest BCUT2D eigenvalue weighted by atomic mass is 35.5. The lowest BCUT2D eigenvalue weighted by atomic mass is 9.96. The van der Waals surface area contributed by atoms with Crippen LogP contribution in [0.3, 0.4) is 0 Å². The molecule has 4 rings (SSSR count). The summed E-state index contributed by atoms with van der Waals surface area (Å²) in [7, 11) is 3.19. The van der Waals surface area contributed by atoms with Gasteiger partial charge in [0.05, 0.1) is 30.0 Å². The molecule has 0 radical (unpaired) electrons. The SMILES string of the molecule is COc1ccc(CCC(OC)c2cccc(/C=C/c3ccc4ccc(Cl)cc4n3)c2)c(C(=O)O)c1. The molecule has 4 aromatic rings. The number of halogens is 1. The van der Waals surface area contributed by atoms with Crippen LogP contribution in [0.2, 0.25) is 5.02 Å². The Hall–Kier alpha value is -3.67. The third-order valence-corrected chi connectivity index (χ3v) is 6.15. The highest BCUT2D eigenvalue weighted by molar-refractivity contribution is 6.31. The molecule has 0 amide bonds. The second-order valence-corrected chi connectivity index (χ2v) is 8.60. The fourth-order valence-corrected chi connectivity index (χ4v) is 4.22. The van der Waals surface area contributed by atoms with Crippen molar-refractivity contribution in [3.8, 4) is 5.75 Å². The molecule has 6 heteroatoms. The molecule has 0 fully saturated rings. The Labute approximate surface area is 209 Å². The Morgan fingerprint density at radius 2 is 1.86 bits per heavy atom. The number of rotatable bonds is 9. The smallest absolute Gasteiger partial charge is 0.336 e. The molecular formula is C29H26ClNO4. The highest BCUT2D eigenvalue weighted by Crippen LogP contribution is 2.27. The molecule has 3 aromatic carbocycles. The molecule has 0 saturated carbocycles. The minimum absolute atomic E-state index is 0.173. The average Bonchev–Trinajstić information content (AvgIpc) is 2.87. The zero-order valence-electron chi connectivity index (χ0n) is 19.6. The van der Waals surface area contributed by atoms with Crippen molar-refractivity contribution in [2.24, 2.45) is 0 Å². The van der Waals surface area contributed by atoms with Gasteiger partial charge in [-0.3, -0.25) is 0 Å². The van der Waals surface area contributed by atoms with Gasteiger partial charge in [0.15, 0.2) is 0 Å². The number of ether oxygens (including phenoxy) is 2. The summed E-state index contributed by atoms with van der Waals surface area (Å²) in [5, 5.41) is 11.3. The molecule has 1 atom stereocenters. The summed E-state index contributed by atoms with van der Waals surface area (Å²) in [6.45, 7) is 0.